The molecule has 136 valence electrons. The number of carboxylic acid groups (broad SMARTS) is 1. The van der Waals surface area contributed by atoms with Gasteiger partial charge in [-0.3, -0.25) is 4.79 Å². The number of hydrogen-bond acceptors (Lipinski definition) is 3. The molecule has 0 spiro atoms. The molecule has 6 heteroatoms. The molecule has 2 N–H and O–H groups in total. The molecule has 1 aliphatic heterocycles. The minimum atomic E-state index is -0.841. The Hall–Kier alpha value is -3.02. The van der Waals surface area contributed by atoms with E-state index in [1.54, 1.807) is 4.90 Å². The van der Waals surface area contributed by atoms with E-state index in [2.05, 4.69) is 5.32 Å². The Balaban J connectivity index is 1.49. The molecule has 1 fully saturated rings. The normalized spacial score (nSPS) is 16.3. The topological polar surface area (TPSA) is 78.9 Å². The number of urea groups is 1. The second-order valence-electron chi connectivity index (χ2n) is 6.35. The predicted octanol–water partition coefficient (Wildman–Crippen LogP) is 2.88. The molecule has 1 heterocycles. The van der Waals surface area contributed by atoms with Crippen LogP contribution in [0.3, 0.4) is 0 Å². The quantitative estimate of drug-likeness (QED) is 0.836. The number of para-hydroxylation sites is 1. The van der Waals surface area contributed by atoms with Crippen LogP contribution >= 0.6 is 0 Å². The largest absolute Gasteiger partial charge is 0.489 e. The number of likely N-dealkylation sites (tertiary alicyclic amines) is 1. The number of rotatable bonds is 6. The Labute approximate surface area is 152 Å². The number of amides is 2. The number of nitrogens with zero attached hydrogens (tertiary/aromatic N) is 1. The molecule has 1 saturated heterocycles. The summed E-state index contributed by atoms with van der Waals surface area (Å²) < 4.78 is 5.74. The van der Waals surface area contributed by atoms with Crippen molar-refractivity contribution >= 4 is 12.0 Å². The second-order valence-corrected chi connectivity index (χ2v) is 6.35. The van der Waals surface area contributed by atoms with Crippen LogP contribution in [0, 0.1) is 5.92 Å². The summed E-state index contributed by atoms with van der Waals surface area (Å²) in [5, 5.41) is 11.9. The zero-order valence-corrected chi connectivity index (χ0v) is 14.4. The average molecular weight is 354 g/mol. The average Bonchev–Trinajstić information content (AvgIpc) is 3.16. The van der Waals surface area contributed by atoms with E-state index in [4.69, 9.17) is 9.84 Å². The van der Waals surface area contributed by atoms with Crippen molar-refractivity contribution in [1.29, 1.82) is 0 Å². The first-order chi connectivity index (χ1) is 12.6. The molecule has 0 radical (unpaired) electrons. The van der Waals surface area contributed by atoms with E-state index in [9.17, 15) is 9.59 Å². The maximum Gasteiger partial charge on any atom is 0.317 e. The van der Waals surface area contributed by atoms with Crippen LogP contribution in [0.25, 0.3) is 0 Å². The number of carbonyl (C=O) groups excluding carboxylic acids is 1. The maximum absolute atomic E-state index is 12.2. The number of hydrogen-bond donors (Lipinski definition) is 2. The van der Waals surface area contributed by atoms with E-state index in [0.29, 0.717) is 26.1 Å². The van der Waals surface area contributed by atoms with Gasteiger partial charge in [-0.25, -0.2) is 4.79 Å². The molecular weight excluding hydrogens is 332 g/mol. The number of ether oxygens (including phenoxy) is 1. The van der Waals surface area contributed by atoms with E-state index in [1.165, 1.54) is 0 Å². The molecule has 2 aromatic carbocycles. The lowest BCUT2D eigenvalue weighted by Crippen LogP contribution is -2.38. The molecule has 2 aromatic rings. The number of carboxylic acids is 1. The van der Waals surface area contributed by atoms with Crippen LogP contribution in [0.5, 0.6) is 5.75 Å². The standard InChI is InChI=1S/C20H22N2O4/c23-19(24)17-9-10-22(13-17)20(25)21-12-15-5-4-6-16(11-15)14-26-18-7-2-1-3-8-18/h1-8,11,17H,9-10,12-14H2,(H,21,25)(H,23,24). The summed E-state index contributed by atoms with van der Waals surface area (Å²) in [5.74, 6) is -0.487. The van der Waals surface area contributed by atoms with E-state index in [-0.39, 0.29) is 12.6 Å². The highest BCUT2D eigenvalue weighted by atomic mass is 16.5. The van der Waals surface area contributed by atoms with Crippen molar-refractivity contribution in [2.45, 2.75) is 19.6 Å². The fourth-order valence-corrected chi connectivity index (χ4v) is 2.95. The Bertz CT molecular complexity index is 763. The molecule has 2 amide bonds. The summed E-state index contributed by atoms with van der Waals surface area (Å²) in [4.78, 5) is 24.7. The highest BCUT2D eigenvalue weighted by Gasteiger charge is 2.30. The van der Waals surface area contributed by atoms with Gasteiger partial charge in [-0.05, 0) is 29.7 Å². The highest BCUT2D eigenvalue weighted by molar-refractivity contribution is 5.77. The second kappa shape index (κ2) is 8.38. The number of carbonyl (C=O) groups is 2. The lowest BCUT2D eigenvalue weighted by atomic mass is 10.1. The van der Waals surface area contributed by atoms with Crippen molar-refractivity contribution in [3.05, 3.63) is 65.7 Å². The monoisotopic (exact) mass is 354 g/mol. The number of aliphatic carboxylic acids is 1. The summed E-state index contributed by atoms with van der Waals surface area (Å²) in [6.07, 6.45) is 0.509. The molecular formula is C20H22N2O4. The van der Waals surface area contributed by atoms with Gasteiger partial charge < -0.3 is 20.1 Å². The van der Waals surface area contributed by atoms with Crippen molar-refractivity contribution < 1.29 is 19.4 Å². The van der Waals surface area contributed by atoms with Crippen LogP contribution in [-0.4, -0.2) is 35.1 Å². The third kappa shape index (κ3) is 4.75. The molecule has 1 atom stereocenters. The highest BCUT2D eigenvalue weighted by Crippen LogP contribution is 2.16. The zero-order valence-electron chi connectivity index (χ0n) is 14.4. The summed E-state index contributed by atoms with van der Waals surface area (Å²) in [7, 11) is 0. The first-order valence-electron chi connectivity index (χ1n) is 8.63. The zero-order chi connectivity index (χ0) is 18.4. The van der Waals surface area contributed by atoms with Crippen molar-refractivity contribution in [1.82, 2.24) is 10.2 Å². The van der Waals surface area contributed by atoms with E-state index >= 15 is 0 Å². The van der Waals surface area contributed by atoms with Crippen molar-refractivity contribution in [2.75, 3.05) is 13.1 Å². The molecule has 3 rings (SSSR count). The van der Waals surface area contributed by atoms with Gasteiger partial charge >= 0.3 is 12.0 Å². The predicted molar refractivity (Wildman–Crippen MR) is 96.8 cm³/mol. The summed E-state index contributed by atoms with van der Waals surface area (Å²) in [6.45, 7) is 1.60. The lowest BCUT2D eigenvalue weighted by Gasteiger charge is -2.17. The van der Waals surface area contributed by atoms with Gasteiger partial charge in [0.15, 0.2) is 0 Å². The van der Waals surface area contributed by atoms with Crippen LogP contribution in [0.4, 0.5) is 4.79 Å². The van der Waals surface area contributed by atoms with E-state index in [1.807, 2.05) is 54.6 Å². The minimum absolute atomic E-state index is 0.223. The van der Waals surface area contributed by atoms with Crippen molar-refractivity contribution in [2.24, 2.45) is 5.92 Å². The van der Waals surface area contributed by atoms with Gasteiger partial charge in [-0.15, -0.1) is 0 Å². The molecule has 0 aromatic heterocycles. The smallest absolute Gasteiger partial charge is 0.317 e. The molecule has 1 aliphatic rings. The maximum atomic E-state index is 12.2. The van der Waals surface area contributed by atoms with Gasteiger partial charge in [-0.2, -0.15) is 0 Å². The molecule has 26 heavy (non-hydrogen) atoms. The molecule has 1 unspecified atom stereocenters. The van der Waals surface area contributed by atoms with Crippen molar-refractivity contribution in [3.63, 3.8) is 0 Å². The molecule has 0 aliphatic carbocycles. The number of benzene rings is 2. The summed E-state index contributed by atoms with van der Waals surface area (Å²) in [6, 6.07) is 17.2. The van der Waals surface area contributed by atoms with E-state index in [0.717, 1.165) is 16.9 Å². The van der Waals surface area contributed by atoms with Crippen LogP contribution in [0.1, 0.15) is 17.5 Å². The Morgan fingerprint density at radius 3 is 2.62 bits per heavy atom. The summed E-state index contributed by atoms with van der Waals surface area (Å²) in [5.41, 5.74) is 1.99. The van der Waals surface area contributed by atoms with Gasteiger partial charge in [0.1, 0.15) is 12.4 Å². The third-order valence-corrected chi connectivity index (χ3v) is 4.41. The fraction of sp³-hybridized carbons (Fsp3) is 0.300. The molecule has 6 nitrogen and oxygen atoms in total. The van der Waals surface area contributed by atoms with E-state index < -0.39 is 11.9 Å². The Morgan fingerprint density at radius 1 is 1.12 bits per heavy atom. The van der Waals surface area contributed by atoms with Crippen LogP contribution in [-0.2, 0) is 17.9 Å². The van der Waals surface area contributed by atoms with Crippen LogP contribution in [0.15, 0.2) is 54.6 Å². The van der Waals surface area contributed by atoms with Crippen molar-refractivity contribution in [3.8, 4) is 5.75 Å². The van der Waals surface area contributed by atoms with Gasteiger partial charge in [0, 0.05) is 19.6 Å². The fourth-order valence-electron chi connectivity index (χ4n) is 2.95. The van der Waals surface area contributed by atoms with Gasteiger partial charge in [-0.1, -0.05) is 42.5 Å². The third-order valence-electron chi connectivity index (χ3n) is 4.41. The SMILES string of the molecule is O=C(O)C1CCN(C(=O)NCc2cccc(COc3ccccc3)c2)C1. The Kier molecular flexibility index (Phi) is 5.73. The van der Waals surface area contributed by atoms with Gasteiger partial charge in [0.25, 0.3) is 0 Å². The van der Waals surface area contributed by atoms with Gasteiger partial charge in [0.2, 0.25) is 0 Å². The van der Waals surface area contributed by atoms with Gasteiger partial charge in [0.05, 0.1) is 5.92 Å². The first-order valence-corrected chi connectivity index (χ1v) is 8.63. The lowest BCUT2D eigenvalue weighted by molar-refractivity contribution is -0.141. The minimum Gasteiger partial charge on any atom is -0.489 e. The molecule has 0 bridgehead atoms. The first kappa shape index (κ1) is 17.8. The molecule has 0 saturated carbocycles. The number of nitrogens with one attached hydrogen (secondary N) is 1. The Morgan fingerprint density at radius 2 is 1.88 bits per heavy atom. The van der Waals surface area contributed by atoms with Crippen LogP contribution < -0.4 is 10.1 Å². The summed E-state index contributed by atoms with van der Waals surface area (Å²) >= 11 is 0. The van der Waals surface area contributed by atoms with Crippen LogP contribution in [0.2, 0.25) is 0 Å².